The Morgan fingerprint density at radius 1 is 1.60 bits per heavy atom. The van der Waals surface area contributed by atoms with Gasteiger partial charge in [-0.25, -0.2) is 0 Å². The van der Waals surface area contributed by atoms with E-state index in [0.717, 1.165) is 6.42 Å². The van der Waals surface area contributed by atoms with Crippen molar-refractivity contribution in [1.29, 1.82) is 0 Å². The van der Waals surface area contributed by atoms with Crippen LogP contribution in [0.15, 0.2) is 0 Å². The minimum atomic E-state index is -0.459. The second-order valence-electron chi connectivity index (χ2n) is 2.63. The third-order valence-electron chi connectivity index (χ3n) is 1.95. The molecule has 0 bridgehead atoms. The highest BCUT2D eigenvalue weighted by Crippen LogP contribution is 2.16. The standard InChI is InChI=1S/C7H14O3/c1-5-7(8)6(9-2)3-4-10-5/h5-8H,3-4H2,1-2H3/t5?,6-,7+/m1/s1. The summed E-state index contributed by atoms with van der Waals surface area (Å²) in [5.74, 6) is 0. The molecule has 60 valence electrons. The Morgan fingerprint density at radius 2 is 2.30 bits per heavy atom. The van der Waals surface area contributed by atoms with Crippen molar-refractivity contribution in [2.75, 3.05) is 13.7 Å². The fourth-order valence-electron chi connectivity index (χ4n) is 1.20. The fraction of sp³-hybridized carbons (Fsp3) is 1.00. The molecular weight excluding hydrogens is 132 g/mol. The first-order valence-electron chi connectivity index (χ1n) is 3.58. The van der Waals surface area contributed by atoms with Crippen molar-refractivity contribution >= 4 is 0 Å². The lowest BCUT2D eigenvalue weighted by atomic mass is 10.0. The molecular formula is C7H14O3. The van der Waals surface area contributed by atoms with Gasteiger partial charge in [-0.1, -0.05) is 0 Å². The zero-order chi connectivity index (χ0) is 7.56. The molecule has 0 aromatic heterocycles. The zero-order valence-corrected chi connectivity index (χ0v) is 6.41. The first-order chi connectivity index (χ1) is 4.75. The summed E-state index contributed by atoms with van der Waals surface area (Å²) >= 11 is 0. The molecule has 0 aromatic rings. The van der Waals surface area contributed by atoms with Gasteiger partial charge in [0, 0.05) is 13.7 Å². The van der Waals surface area contributed by atoms with Crippen molar-refractivity contribution in [2.24, 2.45) is 0 Å². The molecule has 1 rings (SSSR count). The summed E-state index contributed by atoms with van der Waals surface area (Å²) in [6.45, 7) is 2.55. The normalized spacial score (nSPS) is 41.7. The van der Waals surface area contributed by atoms with Crippen LogP contribution in [0, 0.1) is 0 Å². The van der Waals surface area contributed by atoms with Crippen LogP contribution >= 0.6 is 0 Å². The Bertz CT molecular complexity index is 105. The average molecular weight is 146 g/mol. The number of methoxy groups -OCH3 is 1. The number of rotatable bonds is 1. The summed E-state index contributed by atoms with van der Waals surface area (Å²) in [7, 11) is 1.62. The summed E-state index contributed by atoms with van der Waals surface area (Å²) in [5.41, 5.74) is 0. The van der Waals surface area contributed by atoms with E-state index in [9.17, 15) is 5.11 Å². The van der Waals surface area contributed by atoms with Gasteiger partial charge in [0.1, 0.15) is 6.10 Å². The van der Waals surface area contributed by atoms with E-state index >= 15 is 0 Å². The maximum Gasteiger partial charge on any atom is 0.106 e. The molecule has 1 aliphatic rings. The molecule has 1 unspecified atom stereocenters. The fourth-order valence-corrected chi connectivity index (χ4v) is 1.20. The van der Waals surface area contributed by atoms with E-state index in [1.807, 2.05) is 6.92 Å². The molecule has 0 spiro atoms. The maximum absolute atomic E-state index is 9.39. The summed E-state index contributed by atoms with van der Waals surface area (Å²) in [4.78, 5) is 0. The molecule has 0 radical (unpaired) electrons. The van der Waals surface area contributed by atoms with E-state index in [4.69, 9.17) is 9.47 Å². The van der Waals surface area contributed by atoms with Gasteiger partial charge < -0.3 is 14.6 Å². The number of aliphatic hydroxyl groups is 1. The van der Waals surface area contributed by atoms with Gasteiger partial charge in [-0.3, -0.25) is 0 Å². The summed E-state index contributed by atoms with van der Waals surface area (Å²) < 4.78 is 10.2. The summed E-state index contributed by atoms with van der Waals surface area (Å²) in [5, 5.41) is 9.39. The number of hydrogen-bond donors (Lipinski definition) is 1. The minimum Gasteiger partial charge on any atom is -0.388 e. The van der Waals surface area contributed by atoms with Crippen molar-refractivity contribution in [3.8, 4) is 0 Å². The van der Waals surface area contributed by atoms with E-state index in [2.05, 4.69) is 0 Å². The van der Waals surface area contributed by atoms with Crippen LogP contribution in [0.1, 0.15) is 13.3 Å². The van der Waals surface area contributed by atoms with E-state index in [1.54, 1.807) is 7.11 Å². The highest BCUT2D eigenvalue weighted by atomic mass is 16.5. The quantitative estimate of drug-likeness (QED) is 0.573. The lowest BCUT2D eigenvalue weighted by Crippen LogP contribution is -2.43. The van der Waals surface area contributed by atoms with Gasteiger partial charge in [0.2, 0.25) is 0 Å². The average Bonchev–Trinajstić information content (AvgIpc) is 1.95. The van der Waals surface area contributed by atoms with Crippen molar-refractivity contribution in [2.45, 2.75) is 31.7 Å². The van der Waals surface area contributed by atoms with Gasteiger partial charge in [-0.05, 0) is 13.3 Å². The van der Waals surface area contributed by atoms with Gasteiger partial charge >= 0.3 is 0 Å². The third kappa shape index (κ3) is 1.48. The Balaban J connectivity index is 2.42. The van der Waals surface area contributed by atoms with Crippen LogP contribution < -0.4 is 0 Å². The Hall–Kier alpha value is -0.120. The molecule has 1 fully saturated rings. The predicted molar refractivity (Wildman–Crippen MR) is 36.8 cm³/mol. The molecule has 3 heteroatoms. The van der Waals surface area contributed by atoms with Crippen molar-refractivity contribution < 1.29 is 14.6 Å². The van der Waals surface area contributed by atoms with E-state index < -0.39 is 6.10 Å². The van der Waals surface area contributed by atoms with E-state index in [0.29, 0.717) is 6.61 Å². The summed E-state index contributed by atoms with van der Waals surface area (Å²) in [6.07, 6.45) is 0.211. The topological polar surface area (TPSA) is 38.7 Å². The maximum atomic E-state index is 9.39. The van der Waals surface area contributed by atoms with Crippen molar-refractivity contribution in [1.82, 2.24) is 0 Å². The molecule has 0 amide bonds. The van der Waals surface area contributed by atoms with Gasteiger partial charge in [0.05, 0.1) is 12.2 Å². The molecule has 1 N–H and O–H groups in total. The highest BCUT2D eigenvalue weighted by molar-refractivity contribution is 4.78. The molecule has 0 aromatic carbocycles. The van der Waals surface area contributed by atoms with Crippen LogP contribution in [0.4, 0.5) is 0 Å². The molecule has 0 saturated carbocycles. The third-order valence-corrected chi connectivity index (χ3v) is 1.95. The van der Waals surface area contributed by atoms with Crippen LogP contribution in [0.2, 0.25) is 0 Å². The van der Waals surface area contributed by atoms with Gasteiger partial charge in [0.15, 0.2) is 0 Å². The van der Waals surface area contributed by atoms with Crippen LogP contribution in [0.3, 0.4) is 0 Å². The molecule has 3 nitrogen and oxygen atoms in total. The van der Waals surface area contributed by atoms with Crippen molar-refractivity contribution in [3.05, 3.63) is 0 Å². The van der Waals surface area contributed by atoms with Gasteiger partial charge in [0.25, 0.3) is 0 Å². The predicted octanol–water partition coefficient (Wildman–Crippen LogP) is 0.171. The number of aliphatic hydroxyl groups excluding tert-OH is 1. The second kappa shape index (κ2) is 3.32. The minimum absolute atomic E-state index is 0.0382. The summed E-state index contributed by atoms with van der Waals surface area (Å²) in [6, 6.07) is 0. The first-order valence-corrected chi connectivity index (χ1v) is 3.58. The Morgan fingerprint density at radius 3 is 2.80 bits per heavy atom. The highest BCUT2D eigenvalue weighted by Gasteiger charge is 2.29. The zero-order valence-electron chi connectivity index (χ0n) is 6.41. The van der Waals surface area contributed by atoms with Crippen LogP contribution in [-0.2, 0) is 9.47 Å². The lowest BCUT2D eigenvalue weighted by Gasteiger charge is -2.31. The largest absolute Gasteiger partial charge is 0.388 e. The van der Waals surface area contributed by atoms with Crippen LogP contribution in [-0.4, -0.2) is 37.1 Å². The molecule has 10 heavy (non-hydrogen) atoms. The Kier molecular flexibility index (Phi) is 2.65. The van der Waals surface area contributed by atoms with Crippen molar-refractivity contribution in [3.63, 3.8) is 0 Å². The van der Waals surface area contributed by atoms with Gasteiger partial charge in [-0.15, -0.1) is 0 Å². The molecule has 1 heterocycles. The number of ether oxygens (including phenoxy) is 2. The molecule has 1 aliphatic heterocycles. The lowest BCUT2D eigenvalue weighted by molar-refractivity contribution is -0.138. The van der Waals surface area contributed by atoms with E-state index in [-0.39, 0.29) is 12.2 Å². The smallest absolute Gasteiger partial charge is 0.106 e. The Labute approximate surface area is 60.9 Å². The SMILES string of the molecule is CO[C@@H]1CCOC(C)[C@@H]1O. The molecule has 1 saturated heterocycles. The van der Waals surface area contributed by atoms with Crippen LogP contribution in [0.5, 0.6) is 0 Å². The molecule has 0 aliphatic carbocycles. The molecule has 3 atom stereocenters. The van der Waals surface area contributed by atoms with Crippen LogP contribution in [0.25, 0.3) is 0 Å². The first kappa shape index (κ1) is 7.98. The van der Waals surface area contributed by atoms with E-state index in [1.165, 1.54) is 0 Å². The van der Waals surface area contributed by atoms with Gasteiger partial charge in [-0.2, -0.15) is 0 Å². The second-order valence-corrected chi connectivity index (χ2v) is 2.63. The number of hydrogen-bond acceptors (Lipinski definition) is 3. The monoisotopic (exact) mass is 146 g/mol.